The van der Waals surface area contributed by atoms with E-state index in [2.05, 4.69) is 5.32 Å². The predicted molar refractivity (Wildman–Crippen MR) is 82.8 cm³/mol. The second-order valence-corrected chi connectivity index (χ2v) is 6.10. The first-order valence-electron chi connectivity index (χ1n) is 7.59. The largest absolute Gasteiger partial charge is 0.492 e. The second-order valence-electron chi connectivity index (χ2n) is 5.69. The Morgan fingerprint density at radius 2 is 2.32 bits per heavy atom. The summed E-state index contributed by atoms with van der Waals surface area (Å²) in [5.74, 6) is 0.372. The van der Waals surface area contributed by atoms with Crippen LogP contribution in [0, 0.1) is 5.92 Å². The van der Waals surface area contributed by atoms with Crippen molar-refractivity contribution in [3.63, 3.8) is 0 Å². The van der Waals surface area contributed by atoms with Crippen molar-refractivity contribution in [3.05, 3.63) is 28.8 Å². The number of halogens is 1. The van der Waals surface area contributed by atoms with Crippen LogP contribution >= 0.6 is 11.6 Å². The Labute approximate surface area is 134 Å². The van der Waals surface area contributed by atoms with Crippen LogP contribution in [-0.2, 0) is 9.59 Å². The fraction of sp³-hybridized carbons (Fsp3) is 0.500. The van der Waals surface area contributed by atoms with E-state index in [0.29, 0.717) is 43.3 Å². The summed E-state index contributed by atoms with van der Waals surface area (Å²) in [6.45, 7) is 3.60. The zero-order chi connectivity index (χ0) is 15.7. The third-order valence-corrected chi connectivity index (χ3v) is 4.61. The van der Waals surface area contributed by atoms with E-state index in [-0.39, 0.29) is 23.8 Å². The van der Waals surface area contributed by atoms with Gasteiger partial charge in [0, 0.05) is 31.5 Å². The molecule has 2 aliphatic heterocycles. The van der Waals surface area contributed by atoms with Crippen LogP contribution < -0.4 is 10.1 Å². The van der Waals surface area contributed by atoms with Crippen molar-refractivity contribution in [3.8, 4) is 5.75 Å². The Kier molecular flexibility index (Phi) is 4.25. The van der Waals surface area contributed by atoms with E-state index in [1.165, 1.54) is 0 Å². The number of rotatable bonds is 3. The molecule has 0 radical (unpaired) electrons. The van der Waals surface area contributed by atoms with Gasteiger partial charge < -0.3 is 15.0 Å². The summed E-state index contributed by atoms with van der Waals surface area (Å²) in [6.07, 6.45) is 1.00. The lowest BCUT2D eigenvalue weighted by Crippen LogP contribution is -2.37. The topological polar surface area (TPSA) is 58.6 Å². The summed E-state index contributed by atoms with van der Waals surface area (Å²) in [5, 5.41) is 3.61. The zero-order valence-electron chi connectivity index (χ0n) is 12.5. The fourth-order valence-corrected chi connectivity index (χ4v) is 3.32. The lowest BCUT2D eigenvalue weighted by atomic mass is 9.99. The number of ether oxygens (including phenoxy) is 1. The van der Waals surface area contributed by atoms with Crippen LogP contribution in [0.15, 0.2) is 18.2 Å². The van der Waals surface area contributed by atoms with E-state index in [1.54, 1.807) is 11.0 Å². The number of amides is 2. The number of likely N-dealkylation sites (tertiary alicyclic amines) is 1. The number of carbonyl (C=O) groups excluding carboxylic acids is 2. The van der Waals surface area contributed by atoms with Gasteiger partial charge in [-0.15, -0.1) is 0 Å². The Hall–Kier alpha value is -1.75. The number of para-hydroxylation sites is 1. The van der Waals surface area contributed by atoms with Gasteiger partial charge in [-0.3, -0.25) is 9.59 Å². The van der Waals surface area contributed by atoms with Gasteiger partial charge in [-0.25, -0.2) is 0 Å². The monoisotopic (exact) mass is 322 g/mol. The molecule has 0 aromatic heterocycles. The van der Waals surface area contributed by atoms with Gasteiger partial charge in [-0.1, -0.05) is 23.7 Å². The van der Waals surface area contributed by atoms with Crippen LogP contribution in [0.3, 0.4) is 0 Å². The van der Waals surface area contributed by atoms with Crippen LogP contribution in [0.4, 0.5) is 0 Å². The molecule has 0 unspecified atom stereocenters. The molecule has 2 heterocycles. The Morgan fingerprint density at radius 3 is 3.05 bits per heavy atom. The first-order chi connectivity index (χ1) is 10.6. The van der Waals surface area contributed by atoms with Gasteiger partial charge in [0.1, 0.15) is 5.75 Å². The highest BCUT2D eigenvalue weighted by Gasteiger charge is 2.35. The second kappa shape index (κ2) is 6.16. The first-order valence-corrected chi connectivity index (χ1v) is 7.97. The molecular weight excluding hydrogens is 304 g/mol. The molecular formula is C16H19ClN2O3. The predicted octanol–water partition coefficient (Wildman–Crippen LogP) is 2.15. The van der Waals surface area contributed by atoms with E-state index in [0.717, 1.165) is 5.56 Å². The number of hydrogen-bond acceptors (Lipinski definition) is 3. The molecule has 0 bridgehead atoms. The van der Waals surface area contributed by atoms with E-state index < -0.39 is 0 Å². The molecule has 0 spiro atoms. The minimum atomic E-state index is -0.266. The summed E-state index contributed by atoms with van der Waals surface area (Å²) >= 11 is 6.14. The lowest BCUT2D eigenvalue weighted by molar-refractivity contribution is -0.129. The number of benzene rings is 1. The molecule has 0 aliphatic carbocycles. The average molecular weight is 323 g/mol. The molecule has 1 aromatic rings. The van der Waals surface area contributed by atoms with Gasteiger partial charge in [0.2, 0.25) is 11.8 Å². The summed E-state index contributed by atoms with van der Waals surface area (Å²) in [5.41, 5.74) is 0.906. The van der Waals surface area contributed by atoms with Crippen LogP contribution in [0.5, 0.6) is 5.75 Å². The molecule has 5 nitrogen and oxygen atoms in total. The normalized spacial score (nSPS) is 23.9. The van der Waals surface area contributed by atoms with E-state index in [1.807, 2.05) is 19.1 Å². The van der Waals surface area contributed by atoms with E-state index in [4.69, 9.17) is 16.3 Å². The van der Waals surface area contributed by atoms with E-state index in [9.17, 15) is 9.59 Å². The minimum Gasteiger partial charge on any atom is -0.492 e. The van der Waals surface area contributed by atoms with Crippen molar-refractivity contribution in [2.24, 2.45) is 5.92 Å². The highest BCUT2D eigenvalue weighted by molar-refractivity contribution is 6.32. The molecule has 2 aliphatic rings. The van der Waals surface area contributed by atoms with Crippen molar-refractivity contribution >= 4 is 23.4 Å². The number of nitrogens with zero attached hydrogens (tertiary/aromatic N) is 1. The van der Waals surface area contributed by atoms with Crippen LogP contribution in [0.1, 0.15) is 31.4 Å². The van der Waals surface area contributed by atoms with Gasteiger partial charge in [0.05, 0.1) is 23.6 Å². The standard InChI is InChI=1S/C16H19ClN2O3/c1-2-19-9-10(8-14(19)20)16(21)18-13-6-7-22-15-11(13)4-3-5-12(15)17/h3-5,10,13H,2,6-9H2,1H3,(H,18,21)/t10-,13-/m0/s1. The quantitative estimate of drug-likeness (QED) is 0.927. The third-order valence-electron chi connectivity index (χ3n) is 4.31. The number of hydrogen-bond donors (Lipinski definition) is 1. The fourth-order valence-electron chi connectivity index (χ4n) is 3.08. The summed E-state index contributed by atoms with van der Waals surface area (Å²) < 4.78 is 5.60. The Morgan fingerprint density at radius 1 is 1.50 bits per heavy atom. The molecule has 6 heteroatoms. The SMILES string of the molecule is CCN1C[C@@H](C(=O)N[C@H]2CCOc3c(Cl)cccc32)CC1=O. The molecule has 2 atom stereocenters. The number of carbonyl (C=O) groups is 2. The number of fused-ring (bicyclic) bond motifs is 1. The average Bonchev–Trinajstić information content (AvgIpc) is 2.89. The molecule has 1 saturated heterocycles. The smallest absolute Gasteiger partial charge is 0.225 e. The van der Waals surface area contributed by atoms with Crippen LogP contribution in [-0.4, -0.2) is 36.4 Å². The molecule has 1 aromatic carbocycles. The van der Waals surface area contributed by atoms with Crippen molar-refractivity contribution in [2.45, 2.75) is 25.8 Å². The maximum Gasteiger partial charge on any atom is 0.225 e. The van der Waals surface area contributed by atoms with Crippen LogP contribution in [0.2, 0.25) is 5.02 Å². The van der Waals surface area contributed by atoms with Crippen molar-refractivity contribution in [2.75, 3.05) is 19.7 Å². The van der Waals surface area contributed by atoms with Crippen LogP contribution in [0.25, 0.3) is 0 Å². The van der Waals surface area contributed by atoms with Gasteiger partial charge in [0.25, 0.3) is 0 Å². The molecule has 3 rings (SSSR count). The first kappa shape index (κ1) is 15.2. The van der Waals surface area contributed by atoms with Crippen molar-refractivity contribution in [1.29, 1.82) is 0 Å². The molecule has 2 amide bonds. The Balaban J connectivity index is 1.71. The molecule has 1 fully saturated rings. The van der Waals surface area contributed by atoms with E-state index >= 15 is 0 Å². The zero-order valence-corrected chi connectivity index (χ0v) is 13.2. The van der Waals surface area contributed by atoms with Gasteiger partial charge in [-0.2, -0.15) is 0 Å². The van der Waals surface area contributed by atoms with Gasteiger partial charge in [0.15, 0.2) is 0 Å². The molecule has 1 N–H and O–H groups in total. The van der Waals surface area contributed by atoms with Gasteiger partial charge >= 0.3 is 0 Å². The summed E-state index contributed by atoms with van der Waals surface area (Å²) in [6, 6.07) is 5.44. The highest BCUT2D eigenvalue weighted by atomic mass is 35.5. The summed E-state index contributed by atoms with van der Waals surface area (Å²) in [4.78, 5) is 25.9. The number of nitrogens with one attached hydrogen (secondary N) is 1. The van der Waals surface area contributed by atoms with Gasteiger partial charge in [-0.05, 0) is 13.0 Å². The lowest BCUT2D eigenvalue weighted by Gasteiger charge is -2.28. The minimum absolute atomic E-state index is 0.0538. The Bertz CT molecular complexity index is 605. The third kappa shape index (κ3) is 2.77. The van der Waals surface area contributed by atoms with Crippen molar-refractivity contribution in [1.82, 2.24) is 10.2 Å². The molecule has 22 heavy (non-hydrogen) atoms. The molecule has 0 saturated carbocycles. The maximum absolute atomic E-state index is 12.5. The molecule has 118 valence electrons. The highest BCUT2D eigenvalue weighted by Crippen LogP contribution is 2.37. The van der Waals surface area contributed by atoms with Crippen molar-refractivity contribution < 1.29 is 14.3 Å². The summed E-state index contributed by atoms with van der Waals surface area (Å²) in [7, 11) is 0. The maximum atomic E-state index is 12.5.